The third-order valence-corrected chi connectivity index (χ3v) is 4.57. The van der Waals surface area contributed by atoms with E-state index in [1.165, 1.54) is 11.1 Å². The molecule has 0 heterocycles. The highest BCUT2D eigenvalue weighted by Gasteiger charge is 2.09. The number of halogens is 1. The smallest absolute Gasteiger partial charge is 0.232 e. The summed E-state index contributed by atoms with van der Waals surface area (Å²) in [7, 11) is 1.83. The lowest BCUT2D eigenvalue weighted by molar-refractivity contribution is -0.127. The molecule has 2 aromatic carbocycles. The van der Waals surface area contributed by atoms with E-state index < -0.39 is 0 Å². The maximum Gasteiger partial charge on any atom is 0.232 e. The normalized spacial score (nSPS) is 10.5. The Morgan fingerprint density at radius 1 is 1.14 bits per heavy atom. The van der Waals surface area contributed by atoms with Crippen molar-refractivity contribution in [1.82, 2.24) is 4.90 Å². The molecular formula is C18H20ClNOS. The maximum atomic E-state index is 12.1. The van der Waals surface area contributed by atoms with Gasteiger partial charge in [-0.25, -0.2) is 0 Å². The Balaban J connectivity index is 1.77. The van der Waals surface area contributed by atoms with E-state index in [2.05, 4.69) is 31.2 Å². The monoisotopic (exact) mass is 333 g/mol. The lowest BCUT2D eigenvalue weighted by atomic mass is 10.2. The first-order chi connectivity index (χ1) is 10.5. The van der Waals surface area contributed by atoms with Crippen molar-refractivity contribution in [3.63, 3.8) is 0 Å². The van der Waals surface area contributed by atoms with Crippen LogP contribution in [0, 0.1) is 6.92 Å². The number of nitrogens with zero attached hydrogens (tertiary/aromatic N) is 1. The van der Waals surface area contributed by atoms with E-state index >= 15 is 0 Å². The molecule has 0 saturated heterocycles. The maximum absolute atomic E-state index is 12.1. The van der Waals surface area contributed by atoms with Crippen molar-refractivity contribution < 1.29 is 4.79 Å². The summed E-state index contributed by atoms with van der Waals surface area (Å²) in [4.78, 5) is 13.9. The summed E-state index contributed by atoms with van der Waals surface area (Å²) in [5.41, 5.74) is 3.55. The van der Waals surface area contributed by atoms with Crippen LogP contribution in [0.1, 0.15) is 16.7 Å². The summed E-state index contributed by atoms with van der Waals surface area (Å²) in [6, 6.07) is 16.0. The van der Waals surface area contributed by atoms with Gasteiger partial charge in [0.25, 0.3) is 0 Å². The molecule has 0 bridgehead atoms. The standard InChI is InChI=1S/C18H20ClNOS/c1-14-6-8-15(9-7-14)12-22-13-18(21)20(2)11-16-4-3-5-17(19)10-16/h3-10H,11-13H2,1-2H3. The number of thioether (sulfide) groups is 1. The number of hydrogen-bond acceptors (Lipinski definition) is 2. The van der Waals surface area contributed by atoms with E-state index in [1.54, 1.807) is 16.7 Å². The quantitative estimate of drug-likeness (QED) is 0.773. The Morgan fingerprint density at radius 2 is 1.86 bits per heavy atom. The average Bonchev–Trinajstić information content (AvgIpc) is 2.49. The summed E-state index contributed by atoms with van der Waals surface area (Å²) in [6.45, 7) is 2.66. The van der Waals surface area contributed by atoms with E-state index in [-0.39, 0.29) is 5.91 Å². The first kappa shape index (κ1) is 16.9. The third-order valence-electron chi connectivity index (χ3n) is 3.35. The fraction of sp³-hybridized carbons (Fsp3) is 0.278. The Morgan fingerprint density at radius 3 is 2.55 bits per heavy atom. The molecule has 0 atom stereocenters. The van der Waals surface area contributed by atoms with Gasteiger partial charge in [-0.15, -0.1) is 11.8 Å². The van der Waals surface area contributed by atoms with E-state index in [9.17, 15) is 4.79 Å². The van der Waals surface area contributed by atoms with Crippen molar-refractivity contribution >= 4 is 29.3 Å². The van der Waals surface area contributed by atoms with Gasteiger partial charge in [0.2, 0.25) is 5.91 Å². The molecule has 1 amide bonds. The first-order valence-corrected chi connectivity index (χ1v) is 8.69. The van der Waals surface area contributed by atoms with Crippen LogP contribution in [0.25, 0.3) is 0 Å². The zero-order valence-electron chi connectivity index (χ0n) is 12.9. The molecule has 0 aliphatic rings. The van der Waals surface area contributed by atoms with Crippen LogP contribution in [-0.2, 0) is 17.1 Å². The van der Waals surface area contributed by atoms with Crippen LogP contribution in [0.15, 0.2) is 48.5 Å². The second kappa shape index (κ2) is 8.25. The van der Waals surface area contributed by atoms with Gasteiger partial charge in [0, 0.05) is 24.4 Å². The second-order valence-corrected chi connectivity index (χ2v) is 6.78. The Labute approximate surface area is 141 Å². The van der Waals surface area contributed by atoms with Crippen molar-refractivity contribution in [3.8, 4) is 0 Å². The molecule has 0 spiro atoms. The van der Waals surface area contributed by atoms with E-state index in [1.807, 2.05) is 31.3 Å². The predicted molar refractivity (Wildman–Crippen MR) is 95.3 cm³/mol. The third kappa shape index (κ3) is 5.39. The van der Waals surface area contributed by atoms with Crippen LogP contribution in [0.2, 0.25) is 5.02 Å². The molecule has 2 nitrogen and oxygen atoms in total. The van der Waals surface area contributed by atoms with Gasteiger partial charge in [-0.1, -0.05) is 53.6 Å². The number of hydrogen-bond donors (Lipinski definition) is 0. The lowest BCUT2D eigenvalue weighted by Gasteiger charge is -2.17. The van der Waals surface area contributed by atoms with Gasteiger partial charge >= 0.3 is 0 Å². The highest BCUT2D eigenvalue weighted by Crippen LogP contribution is 2.15. The van der Waals surface area contributed by atoms with Crippen molar-refractivity contribution in [1.29, 1.82) is 0 Å². The molecule has 0 unspecified atom stereocenters. The van der Waals surface area contributed by atoms with Crippen LogP contribution in [0.4, 0.5) is 0 Å². The van der Waals surface area contributed by atoms with Crippen LogP contribution >= 0.6 is 23.4 Å². The molecule has 116 valence electrons. The largest absolute Gasteiger partial charge is 0.341 e. The van der Waals surface area contributed by atoms with Crippen LogP contribution in [0.3, 0.4) is 0 Å². The van der Waals surface area contributed by atoms with Crippen LogP contribution in [0.5, 0.6) is 0 Å². The molecule has 0 saturated carbocycles. The Kier molecular flexibility index (Phi) is 6.34. The fourth-order valence-electron chi connectivity index (χ4n) is 2.05. The van der Waals surface area contributed by atoms with Gasteiger partial charge in [-0.3, -0.25) is 4.79 Å². The molecule has 4 heteroatoms. The summed E-state index contributed by atoms with van der Waals surface area (Å²) in [5.74, 6) is 1.49. The molecule has 2 rings (SSSR count). The molecule has 0 radical (unpaired) electrons. The number of carbonyl (C=O) groups excluding carboxylic acids is 1. The molecule has 0 aliphatic carbocycles. The molecular weight excluding hydrogens is 314 g/mol. The number of benzene rings is 2. The summed E-state index contributed by atoms with van der Waals surface area (Å²) < 4.78 is 0. The Bertz CT molecular complexity index is 627. The molecule has 0 N–H and O–H groups in total. The zero-order valence-corrected chi connectivity index (χ0v) is 14.5. The minimum atomic E-state index is 0.136. The van der Waals surface area contributed by atoms with E-state index in [4.69, 9.17) is 11.6 Å². The lowest BCUT2D eigenvalue weighted by Crippen LogP contribution is -2.27. The highest BCUT2D eigenvalue weighted by molar-refractivity contribution is 7.99. The SMILES string of the molecule is Cc1ccc(CSCC(=O)N(C)Cc2cccc(Cl)c2)cc1. The zero-order chi connectivity index (χ0) is 15.9. The second-order valence-electron chi connectivity index (χ2n) is 5.36. The van der Waals surface area contributed by atoms with Crippen LogP contribution in [-0.4, -0.2) is 23.6 Å². The summed E-state index contributed by atoms with van der Waals surface area (Å²) in [5, 5.41) is 0.701. The van der Waals surface area contributed by atoms with Gasteiger partial charge in [0.05, 0.1) is 5.75 Å². The minimum absolute atomic E-state index is 0.136. The molecule has 0 fully saturated rings. The van der Waals surface area contributed by atoms with Crippen molar-refractivity contribution in [2.75, 3.05) is 12.8 Å². The first-order valence-electron chi connectivity index (χ1n) is 7.16. The van der Waals surface area contributed by atoms with Crippen molar-refractivity contribution in [2.24, 2.45) is 0 Å². The minimum Gasteiger partial charge on any atom is -0.341 e. The number of aryl methyl sites for hydroxylation is 1. The molecule has 0 aromatic heterocycles. The summed E-state index contributed by atoms with van der Waals surface area (Å²) >= 11 is 7.61. The number of carbonyl (C=O) groups is 1. The van der Waals surface area contributed by atoms with Crippen molar-refractivity contribution in [2.45, 2.75) is 19.2 Å². The van der Waals surface area contributed by atoms with E-state index in [0.29, 0.717) is 17.3 Å². The van der Waals surface area contributed by atoms with Crippen molar-refractivity contribution in [3.05, 3.63) is 70.2 Å². The Hall–Kier alpha value is -1.45. The number of rotatable bonds is 6. The molecule has 22 heavy (non-hydrogen) atoms. The van der Waals surface area contributed by atoms with Gasteiger partial charge in [0.15, 0.2) is 0 Å². The number of amides is 1. The van der Waals surface area contributed by atoms with Gasteiger partial charge in [-0.2, -0.15) is 0 Å². The topological polar surface area (TPSA) is 20.3 Å². The predicted octanol–water partition coefficient (Wildman–Crippen LogP) is 4.54. The highest BCUT2D eigenvalue weighted by atomic mass is 35.5. The van der Waals surface area contributed by atoms with Gasteiger partial charge in [-0.05, 0) is 30.2 Å². The summed E-state index contributed by atoms with van der Waals surface area (Å²) in [6.07, 6.45) is 0. The van der Waals surface area contributed by atoms with Gasteiger partial charge in [0.1, 0.15) is 0 Å². The average molecular weight is 334 g/mol. The van der Waals surface area contributed by atoms with Gasteiger partial charge < -0.3 is 4.90 Å². The fourth-order valence-corrected chi connectivity index (χ4v) is 3.19. The molecule has 0 aliphatic heterocycles. The molecule has 2 aromatic rings. The van der Waals surface area contributed by atoms with E-state index in [0.717, 1.165) is 11.3 Å². The van der Waals surface area contributed by atoms with Crippen LogP contribution < -0.4 is 0 Å².